The van der Waals surface area contributed by atoms with Crippen molar-refractivity contribution in [2.24, 2.45) is 0 Å². The molecule has 0 aliphatic carbocycles. The zero-order chi connectivity index (χ0) is 8.91. The summed E-state index contributed by atoms with van der Waals surface area (Å²) in [7, 11) is 0. The SMILES string of the molecule is O=C/C=C(\NCO)C(F)(F)F. The highest BCUT2D eigenvalue weighted by atomic mass is 19.4. The minimum atomic E-state index is -4.62. The largest absolute Gasteiger partial charge is 0.431 e. The Labute approximate surface area is 60.5 Å². The molecule has 0 saturated carbocycles. The zero-order valence-electron chi connectivity index (χ0n) is 5.35. The van der Waals surface area contributed by atoms with Crippen molar-refractivity contribution in [3.63, 3.8) is 0 Å². The van der Waals surface area contributed by atoms with E-state index >= 15 is 0 Å². The smallest absolute Gasteiger partial charge is 0.377 e. The summed E-state index contributed by atoms with van der Waals surface area (Å²) in [6, 6.07) is 0. The number of rotatable bonds is 3. The summed E-state index contributed by atoms with van der Waals surface area (Å²) in [5.74, 6) is 0. The second-order valence-corrected chi connectivity index (χ2v) is 1.55. The summed E-state index contributed by atoms with van der Waals surface area (Å²) < 4.78 is 35.1. The Morgan fingerprint density at radius 3 is 2.36 bits per heavy atom. The van der Waals surface area contributed by atoms with Crippen LogP contribution in [0.15, 0.2) is 11.8 Å². The van der Waals surface area contributed by atoms with Crippen LogP contribution < -0.4 is 5.32 Å². The van der Waals surface area contributed by atoms with E-state index in [4.69, 9.17) is 5.11 Å². The molecule has 0 saturated heterocycles. The van der Waals surface area contributed by atoms with Crippen molar-refractivity contribution < 1.29 is 23.1 Å². The van der Waals surface area contributed by atoms with Crippen LogP contribution in [-0.2, 0) is 4.79 Å². The van der Waals surface area contributed by atoms with E-state index in [1.807, 2.05) is 0 Å². The molecule has 0 aromatic rings. The molecule has 11 heavy (non-hydrogen) atoms. The summed E-state index contributed by atoms with van der Waals surface area (Å²) in [5.41, 5.74) is -1.25. The average Bonchev–Trinajstić information content (AvgIpc) is 1.85. The number of hydrogen-bond donors (Lipinski definition) is 2. The van der Waals surface area contributed by atoms with Gasteiger partial charge in [-0.25, -0.2) is 0 Å². The maximum Gasteiger partial charge on any atom is 0.431 e. The molecule has 0 aliphatic heterocycles. The van der Waals surface area contributed by atoms with E-state index in [1.54, 1.807) is 5.32 Å². The van der Waals surface area contributed by atoms with Gasteiger partial charge in [-0.3, -0.25) is 4.79 Å². The molecule has 3 nitrogen and oxygen atoms in total. The number of allylic oxidation sites excluding steroid dienone is 2. The van der Waals surface area contributed by atoms with E-state index in [-0.39, 0.29) is 6.29 Å². The maximum atomic E-state index is 11.7. The van der Waals surface area contributed by atoms with E-state index in [2.05, 4.69) is 0 Å². The molecule has 0 unspecified atom stereocenters. The van der Waals surface area contributed by atoms with E-state index < -0.39 is 18.6 Å². The summed E-state index contributed by atoms with van der Waals surface area (Å²) in [6.45, 7) is -0.862. The number of halogens is 3. The van der Waals surface area contributed by atoms with Crippen molar-refractivity contribution in [1.82, 2.24) is 5.32 Å². The van der Waals surface area contributed by atoms with Crippen LogP contribution in [0.1, 0.15) is 0 Å². The van der Waals surface area contributed by atoms with Crippen LogP contribution in [0.2, 0.25) is 0 Å². The van der Waals surface area contributed by atoms with Crippen LogP contribution in [0.4, 0.5) is 13.2 Å². The van der Waals surface area contributed by atoms with Gasteiger partial charge in [-0.15, -0.1) is 0 Å². The van der Waals surface area contributed by atoms with E-state index in [9.17, 15) is 18.0 Å². The van der Waals surface area contributed by atoms with Gasteiger partial charge in [-0.1, -0.05) is 0 Å². The second-order valence-electron chi connectivity index (χ2n) is 1.55. The average molecular weight is 169 g/mol. The van der Waals surface area contributed by atoms with Crippen molar-refractivity contribution in [3.05, 3.63) is 11.8 Å². The highest BCUT2D eigenvalue weighted by molar-refractivity contribution is 5.66. The van der Waals surface area contributed by atoms with Gasteiger partial charge in [0.1, 0.15) is 18.7 Å². The van der Waals surface area contributed by atoms with Gasteiger partial charge in [0.25, 0.3) is 0 Å². The van der Waals surface area contributed by atoms with Gasteiger partial charge < -0.3 is 10.4 Å². The molecule has 0 aliphatic rings. The van der Waals surface area contributed by atoms with Crippen LogP contribution in [-0.4, -0.2) is 24.3 Å². The lowest BCUT2D eigenvalue weighted by molar-refractivity contribution is -0.108. The lowest BCUT2D eigenvalue weighted by atomic mass is 10.4. The van der Waals surface area contributed by atoms with Crippen LogP contribution in [0.3, 0.4) is 0 Å². The molecule has 64 valence electrons. The monoisotopic (exact) mass is 169 g/mol. The lowest BCUT2D eigenvalue weighted by Crippen LogP contribution is -2.27. The Hall–Kier alpha value is -1.04. The van der Waals surface area contributed by atoms with Crippen molar-refractivity contribution in [3.8, 4) is 0 Å². The summed E-state index contributed by atoms with van der Waals surface area (Å²) in [6.07, 6.45) is -4.33. The van der Waals surface area contributed by atoms with Gasteiger partial charge in [0.15, 0.2) is 0 Å². The first-order valence-electron chi connectivity index (χ1n) is 2.59. The molecule has 0 fully saturated rings. The fourth-order valence-electron chi connectivity index (χ4n) is 0.407. The summed E-state index contributed by atoms with van der Waals surface area (Å²) in [4.78, 5) is 9.64. The van der Waals surface area contributed by atoms with Gasteiger partial charge in [-0.2, -0.15) is 13.2 Å². The predicted octanol–water partition coefficient (Wildman–Crippen LogP) is 0.171. The quantitative estimate of drug-likeness (QED) is 0.359. The number of aliphatic hydroxyl groups excluding tert-OH is 1. The molecular weight excluding hydrogens is 163 g/mol. The van der Waals surface area contributed by atoms with Gasteiger partial charge in [0.05, 0.1) is 0 Å². The molecule has 0 heterocycles. The van der Waals surface area contributed by atoms with Gasteiger partial charge >= 0.3 is 6.18 Å². The first-order valence-corrected chi connectivity index (χ1v) is 2.59. The van der Waals surface area contributed by atoms with E-state index in [0.29, 0.717) is 6.08 Å². The highest BCUT2D eigenvalue weighted by Crippen LogP contribution is 2.22. The summed E-state index contributed by atoms with van der Waals surface area (Å²) >= 11 is 0. The number of hydrogen-bond acceptors (Lipinski definition) is 3. The Bertz CT molecular complexity index is 164. The molecule has 0 bridgehead atoms. The standard InChI is InChI=1S/C5H6F3NO2/c6-5(7,8)4(1-2-10)9-3-11/h1-2,9,11H,3H2/b4-1-. The molecule has 0 atom stereocenters. The number of carbonyl (C=O) groups excluding carboxylic acids is 1. The second kappa shape index (κ2) is 3.97. The first-order chi connectivity index (χ1) is 5.02. The molecule has 6 heteroatoms. The van der Waals surface area contributed by atoms with Gasteiger partial charge in [0, 0.05) is 6.08 Å². The van der Waals surface area contributed by atoms with Crippen LogP contribution >= 0.6 is 0 Å². The number of aldehydes is 1. The van der Waals surface area contributed by atoms with Gasteiger partial charge in [-0.05, 0) is 0 Å². The Morgan fingerprint density at radius 1 is 1.55 bits per heavy atom. The lowest BCUT2D eigenvalue weighted by Gasteiger charge is -2.10. The zero-order valence-corrected chi connectivity index (χ0v) is 5.35. The molecule has 2 N–H and O–H groups in total. The predicted molar refractivity (Wildman–Crippen MR) is 30.4 cm³/mol. The van der Waals surface area contributed by atoms with Crippen molar-refractivity contribution in [2.45, 2.75) is 6.18 Å². The van der Waals surface area contributed by atoms with Crippen LogP contribution in [0, 0.1) is 0 Å². The minimum absolute atomic E-state index is 0.00845. The first kappa shape index (κ1) is 9.96. The normalized spacial score (nSPS) is 12.9. The third kappa shape index (κ3) is 3.61. The molecule has 0 aromatic heterocycles. The Kier molecular flexibility index (Phi) is 3.59. The number of alkyl halides is 3. The molecule has 0 amide bonds. The van der Waals surface area contributed by atoms with Crippen LogP contribution in [0.25, 0.3) is 0 Å². The number of nitrogens with one attached hydrogen (secondary N) is 1. The number of aliphatic hydroxyl groups is 1. The molecule has 0 aromatic carbocycles. The fraction of sp³-hybridized carbons (Fsp3) is 0.400. The Morgan fingerprint density at radius 2 is 2.09 bits per heavy atom. The highest BCUT2D eigenvalue weighted by Gasteiger charge is 2.33. The molecule has 0 rings (SSSR count). The van der Waals surface area contributed by atoms with Crippen LogP contribution in [0.5, 0.6) is 0 Å². The maximum absolute atomic E-state index is 11.7. The summed E-state index contributed by atoms with van der Waals surface area (Å²) in [5, 5.41) is 9.64. The topological polar surface area (TPSA) is 49.3 Å². The molecule has 0 spiro atoms. The third-order valence-corrected chi connectivity index (χ3v) is 0.810. The van der Waals surface area contributed by atoms with Crippen molar-refractivity contribution in [1.29, 1.82) is 0 Å². The van der Waals surface area contributed by atoms with Crippen molar-refractivity contribution in [2.75, 3.05) is 6.73 Å². The number of carbonyl (C=O) groups is 1. The van der Waals surface area contributed by atoms with Crippen molar-refractivity contribution >= 4 is 6.29 Å². The van der Waals surface area contributed by atoms with Gasteiger partial charge in [0.2, 0.25) is 0 Å². The fourth-order valence-corrected chi connectivity index (χ4v) is 0.407. The van der Waals surface area contributed by atoms with E-state index in [0.717, 1.165) is 0 Å². The Balaban J connectivity index is 4.34. The minimum Gasteiger partial charge on any atom is -0.377 e. The van der Waals surface area contributed by atoms with E-state index in [1.165, 1.54) is 0 Å². The molecule has 0 radical (unpaired) electrons. The third-order valence-electron chi connectivity index (χ3n) is 0.810. The molecular formula is C5H6F3NO2.